The molecule has 1 unspecified atom stereocenters. The molecule has 0 aliphatic carbocycles. The van der Waals surface area contributed by atoms with E-state index >= 15 is 0 Å². The third-order valence-corrected chi connectivity index (χ3v) is 13.4. The molecule has 2 aliphatic heterocycles. The van der Waals surface area contributed by atoms with Crippen molar-refractivity contribution in [2.45, 2.75) is 76.5 Å². The first-order valence-corrected chi connectivity index (χ1v) is 15.1. The average molecular weight is 487 g/mol. The van der Waals surface area contributed by atoms with Gasteiger partial charge in [-0.25, -0.2) is 10.2 Å². The molecule has 0 bridgehead atoms. The minimum Gasteiger partial charge on any atom is -0.335 e. The number of rotatable bonds is 8. The Labute approximate surface area is 203 Å². The van der Waals surface area contributed by atoms with E-state index < -0.39 is 30.9 Å². The summed E-state index contributed by atoms with van der Waals surface area (Å²) in [5.41, 5.74) is 8.38. The molecule has 0 aromatic heterocycles. The highest BCUT2D eigenvalue weighted by atomic mass is 28.3. The number of hydrogen-bond donors (Lipinski definition) is 4. The van der Waals surface area contributed by atoms with Gasteiger partial charge in [0.1, 0.15) is 12.7 Å². The van der Waals surface area contributed by atoms with Crippen LogP contribution in [-0.4, -0.2) is 49.7 Å². The lowest BCUT2D eigenvalue weighted by Crippen LogP contribution is -2.58. The molecule has 0 fully saturated rings. The summed E-state index contributed by atoms with van der Waals surface area (Å²) in [6, 6.07) is 9.55. The van der Waals surface area contributed by atoms with Gasteiger partial charge in [-0.15, -0.1) is 0 Å². The maximum atomic E-state index is 13.3. The highest BCUT2D eigenvalue weighted by Crippen LogP contribution is 2.41. The standard InChI is InChI=1S/C24H38N6O3Si/c1-8-34(6,7)24(4,5)21(31)27-20-17-15-30(23(2,3)19(17)28-29-20)22(32)26-18(14-25-33)16-12-10-9-11-13-16/h9-13,18,20,28-29H,8,14-15H2,1-7H3,(H,26,32)(H,27,31)/t18-,20?/m1/s1. The lowest BCUT2D eigenvalue weighted by atomic mass is 10.0. The third-order valence-electron chi connectivity index (χ3n) is 8.05. The van der Waals surface area contributed by atoms with E-state index in [-0.39, 0.29) is 18.5 Å². The van der Waals surface area contributed by atoms with Crippen LogP contribution in [0.4, 0.5) is 4.79 Å². The summed E-state index contributed by atoms with van der Waals surface area (Å²) in [6.07, 6.45) is -0.401. The van der Waals surface area contributed by atoms with E-state index in [9.17, 15) is 14.5 Å². The number of urea groups is 1. The second-order valence-electron chi connectivity index (χ2n) is 10.8. The van der Waals surface area contributed by atoms with Crippen molar-refractivity contribution in [1.29, 1.82) is 0 Å². The third kappa shape index (κ3) is 4.61. The van der Waals surface area contributed by atoms with E-state index in [0.29, 0.717) is 6.54 Å². The number of carbonyl (C=O) groups is 2. The summed E-state index contributed by atoms with van der Waals surface area (Å²) in [5.74, 6) is 0.0148. The first-order chi connectivity index (χ1) is 15.9. The highest BCUT2D eigenvalue weighted by molar-refractivity contribution is 6.83. The zero-order valence-corrected chi connectivity index (χ0v) is 22.3. The van der Waals surface area contributed by atoms with E-state index in [1.165, 1.54) is 0 Å². The summed E-state index contributed by atoms with van der Waals surface area (Å²) in [5, 5.41) is 8.71. The second kappa shape index (κ2) is 9.50. The van der Waals surface area contributed by atoms with Gasteiger partial charge in [0.25, 0.3) is 0 Å². The second-order valence-corrected chi connectivity index (χ2v) is 16.5. The predicted molar refractivity (Wildman–Crippen MR) is 136 cm³/mol. The largest absolute Gasteiger partial charge is 0.335 e. The maximum Gasteiger partial charge on any atom is 0.319 e. The Balaban J connectivity index is 1.75. The smallest absolute Gasteiger partial charge is 0.319 e. The van der Waals surface area contributed by atoms with Gasteiger partial charge in [0, 0.05) is 17.2 Å². The Bertz CT molecular complexity index is 976. The van der Waals surface area contributed by atoms with Gasteiger partial charge in [0.15, 0.2) is 0 Å². The van der Waals surface area contributed by atoms with Crippen molar-refractivity contribution in [2.75, 3.05) is 13.1 Å². The number of amides is 3. The highest BCUT2D eigenvalue weighted by Gasteiger charge is 2.50. The van der Waals surface area contributed by atoms with Crippen LogP contribution in [0.15, 0.2) is 46.8 Å². The maximum absolute atomic E-state index is 13.3. The molecule has 0 radical (unpaired) electrons. The molecule has 0 spiro atoms. The van der Waals surface area contributed by atoms with Crippen molar-refractivity contribution in [2.24, 2.45) is 5.18 Å². The van der Waals surface area contributed by atoms with Gasteiger partial charge in [-0.2, -0.15) is 4.91 Å². The zero-order valence-electron chi connectivity index (χ0n) is 21.3. The van der Waals surface area contributed by atoms with Crippen LogP contribution in [0.25, 0.3) is 0 Å². The van der Waals surface area contributed by atoms with Gasteiger partial charge in [0.2, 0.25) is 5.91 Å². The fourth-order valence-corrected chi connectivity index (χ4v) is 5.98. The summed E-state index contributed by atoms with van der Waals surface area (Å²) in [4.78, 5) is 39.3. The van der Waals surface area contributed by atoms with Crippen LogP contribution < -0.4 is 21.5 Å². The Morgan fingerprint density at radius 1 is 1.26 bits per heavy atom. The lowest BCUT2D eigenvalue weighted by Gasteiger charge is -2.39. The number of nitrogens with zero attached hydrogens (tertiary/aromatic N) is 2. The molecule has 3 rings (SSSR count). The summed E-state index contributed by atoms with van der Waals surface area (Å²) in [6.45, 7) is 14.9. The monoisotopic (exact) mass is 486 g/mol. The molecule has 2 atom stereocenters. The van der Waals surface area contributed by atoms with Crippen molar-refractivity contribution in [1.82, 2.24) is 26.4 Å². The topological polar surface area (TPSA) is 115 Å². The van der Waals surface area contributed by atoms with Gasteiger partial charge in [0.05, 0.1) is 25.4 Å². The molecule has 2 aliphatic rings. The first-order valence-electron chi connectivity index (χ1n) is 11.8. The van der Waals surface area contributed by atoms with E-state index in [0.717, 1.165) is 22.9 Å². The molecule has 9 nitrogen and oxygen atoms in total. The van der Waals surface area contributed by atoms with Crippen molar-refractivity contribution >= 4 is 20.0 Å². The number of benzene rings is 1. The van der Waals surface area contributed by atoms with Gasteiger partial charge in [-0.1, -0.05) is 75.4 Å². The molecule has 34 heavy (non-hydrogen) atoms. The Hall–Kier alpha value is -2.72. The van der Waals surface area contributed by atoms with Crippen LogP contribution in [0.3, 0.4) is 0 Å². The van der Waals surface area contributed by atoms with Crippen molar-refractivity contribution in [3.63, 3.8) is 0 Å². The van der Waals surface area contributed by atoms with E-state index in [1.807, 2.05) is 58.0 Å². The molecule has 10 heteroatoms. The number of carbonyl (C=O) groups excluding carboxylic acids is 2. The SMILES string of the molecule is CC[Si](C)(C)C(C)(C)C(=O)NC1NNC2=C1CN(C(=O)N[C@H](CN=O)c1ccccc1)C2(C)C. The van der Waals surface area contributed by atoms with Crippen LogP contribution in [0.1, 0.15) is 46.2 Å². The van der Waals surface area contributed by atoms with Crippen molar-refractivity contribution < 1.29 is 9.59 Å². The van der Waals surface area contributed by atoms with Crippen molar-refractivity contribution in [3.05, 3.63) is 52.1 Å². The van der Waals surface area contributed by atoms with Gasteiger partial charge in [-0.3, -0.25) is 4.79 Å². The molecular formula is C24H38N6O3Si. The number of nitrogens with one attached hydrogen (secondary N) is 4. The number of hydrogen-bond acceptors (Lipinski definition) is 6. The van der Waals surface area contributed by atoms with E-state index in [4.69, 9.17) is 0 Å². The Kier molecular flexibility index (Phi) is 7.23. The van der Waals surface area contributed by atoms with Crippen LogP contribution in [-0.2, 0) is 4.79 Å². The van der Waals surface area contributed by atoms with Crippen LogP contribution >= 0.6 is 0 Å². The molecule has 0 saturated carbocycles. The molecular weight excluding hydrogens is 448 g/mol. The van der Waals surface area contributed by atoms with Crippen LogP contribution in [0, 0.1) is 4.91 Å². The quantitative estimate of drug-likeness (QED) is 0.331. The molecule has 1 aromatic rings. The van der Waals surface area contributed by atoms with E-state index in [2.05, 4.69) is 46.7 Å². The molecule has 2 heterocycles. The lowest BCUT2D eigenvalue weighted by molar-refractivity contribution is -0.124. The average Bonchev–Trinajstić information content (AvgIpc) is 3.31. The molecule has 186 valence electrons. The Morgan fingerprint density at radius 3 is 2.50 bits per heavy atom. The Morgan fingerprint density at radius 2 is 1.91 bits per heavy atom. The minimum absolute atomic E-state index is 0.0148. The zero-order chi connectivity index (χ0) is 25.3. The predicted octanol–water partition coefficient (Wildman–Crippen LogP) is 3.61. The molecule has 3 amide bonds. The number of nitroso groups, excluding NO2 is 1. The van der Waals surface area contributed by atoms with Crippen LogP contribution in [0.2, 0.25) is 24.2 Å². The first kappa shape index (κ1) is 25.9. The molecule has 4 N–H and O–H groups in total. The van der Waals surface area contributed by atoms with Crippen LogP contribution in [0.5, 0.6) is 0 Å². The summed E-state index contributed by atoms with van der Waals surface area (Å²) >= 11 is 0. The van der Waals surface area contributed by atoms with Crippen molar-refractivity contribution in [3.8, 4) is 0 Å². The van der Waals surface area contributed by atoms with Gasteiger partial charge < -0.3 is 21.0 Å². The summed E-state index contributed by atoms with van der Waals surface area (Å²) in [7, 11) is -1.78. The molecule has 1 aromatic carbocycles. The normalized spacial score (nSPS) is 20.4. The molecule has 0 saturated heterocycles. The summed E-state index contributed by atoms with van der Waals surface area (Å²) < 4.78 is 0. The minimum atomic E-state index is -1.78. The fourth-order valence-electron chi connectivity index (χ4n) is 4.41. The number of hydrazine groups is 1. The van der Waals surface area contributed by atoms with Gasteiger partial charge in [-0.05, 0) is 19.4 Å². The van der Waals surface area contributed by atoms with Gasteiger partial charge >= 0.3 is 6.03 Å². The fraction of sp³-hybridized carbons (Fsp3) is 0.583. The van der Waals surface area contributed by atoms with E-state index in [1.54, 1.807) is 4.90 Å².